The molecule has 27 heavy (non-hydrogen) atoms. The summed E-state index contributed by atoms with van der Waals surface area (Å²) in [5.41, 5.74) is 4.18. The van der Waals surface area contributed by atoms with Crippen LogP contribution in [0.4, 0.5) is 0 Å². The Bertz CT molecular complexity index is 953. The van der Waals surface area contributed by atoms with E-state index < -0.39 is 0 Å². The zero-order valence-corrected chi connectivity index (χ0v) is 16.8. The van der Waals surface area contributed by atoms with Gasteiger partial charge in [-0.3, -0.25) is 14.2 Å². The van der Waals surface area contributed by atoms with Gasteiger partial charge in [0.1, 0.15) is 12.4 Å². The summed E-state index contributed by atoms with van der Waals surface area (Å²) < 4.78 is 5.42. The Morgan fingerprint density at radius 1 is 1.15 bits per heavy atom. The fourth-order valence-electron chi connectivity index (χ4n) is 2.93. The van der Waals surface area contributed by atoms with E-state index in [2.05, 4.69) is 20.6 Å². The molecule has 0 radical (unpaired) electrons. The number of amides is 1. The minimum atomic E-state index is -0.187. The number of halogens is 1. The first-order chi connectivity index (χ1) is 12.8. The van der Waals surface area contributed by atoms with Crippen molar-refractivity contribution in [3.63, 3.8) is 0 Å². The van der Waals surface area contributed by atoms with E-state index in [0.717, 1.165) is 29.2 Å². The molecule has 3 rings (SSSR count). The van der Waals surface area contributed by atoms with Gasteiger partial charge in [-0.2, -0.15) is 15.3 Å². The number of aryl methyl sites for hydroxylation is 4. The number of aromatic nitrogens is 6. The smallest absolute Gasteiger partial charge is 0.271 e. The molecule has 0 aliphatic heterocycles. The first kappa shape index (κ1) is 19.2. The van der Waals surface area contributed by atoms with Gasteiger partial charge in [-0.15, -0.1) is 0 Å². The molecule has 0 bridgehead atoms. The minimum absolute atomic E-state index is 0.187. The number of hydrogen-bond donors (Lipinski definition) is 1. The highest BCUT2D eigenvalue weighted by Crippen LogP contribution is 2.18. The maximum absolute atomic E-state index is 12.3. The molecule has 144 valence electrons. The predicted molar refractivity (Wildman–Crippen MR) is 103 cm³/mol. The average Bonchev–Trinajstić information content (AvgIpc) is 3.28. The van der Waals surface area contributed by atoms with Gasteiger partial charge in [0.15, 0.2) is 0 Å². The van der Waals surface area contributed by atoms with Crippen molar-refractivity contribution >= 4 is 17.5 Å². The number of nitrogens with one attached hydrogen (secondary N) is 1. The second-order valence-electron chi connectivity index (χ2n) is 6.63. The Hall–Kier alpha value is -2.61. The van der Waals surface area contributed by atoms with E-state index in [1.165, 1.54) is 0 Å². The van der Waals surface area contributed by atoms with Gasteiger partial charge in [-0.1, -0.05) is 11.6 Å². The summed E-state index contributed by atoms with van der Waals surface area (Å²) in [5.74, 6) is -0.187. The monoisotopic (exact) mass is 389 g/mol. The van der Waals surface area contributed by atoms with Crippen LogP contribution in [0.5, 0.6) is 0 Å². The summed E-state index contributed by atoms with van der Waals surface area (Å²) in [4.78, 5) is 12.3. The third-order valence-electron chi connectivity index (χ3n) is 4.38. The largest absolute Gasteiger partial charge is 0.351 e. The molecule has 0 aromatic carbocycles. The second kappa shape index (κ2) is 7.96. The standard InChI is InChI=1S/C18H24ClN7O/c1-12-10-13(2)26(21-12)11-24-9-6-16(23-24)18(27)20-7-5-8-25-15(4)17(19)14(3)22-25/h6,9-10H,5,7-8,11H2,1-4H3,(H,20,27). The predicted octanol–water partition coefficient (Wildman–Crippen LogP) is 2.49. The number of carbonyl (C=O) groups excluding carboxylic acids is 1. The number of nitrogens with zero attached hydrogens (tertiary/aromatic N) is 6. The van der Waals surface area contributed by atoms with Gasteiger partial charge in [0, 0.05) is 25.0 Å². The lowest BCUT2D eigenvalue weighted by Crippen LogP contribution is -2.26. The van der Waals surface area contributed by atoms with Crippen LogP contribution in [0, 0.1) is 27.7 Å². The van der Waals surface area contributed by atoms with Gasteiger partial charge >= 0.3 is 0 Å². The van der Waals surface area contributed by atoms with Crippen LogP contribution in [0.2, 0.25) is 5.02 Å². The van der Waals surface area contributed by atoms with Crippen LogP contribution in [-0.4, -0.2) is 41.8 Å². The first-order valence-electron chi connectivity index (χ1n) is 8.87. The summed E-state index contributed by atoms with van der Waals surface area (Å²) in [6.07, 6.45) is 2.54. The highest BCUT2D eigenvalue weighted by atomic mass is 35.5. The Morgan fingerprint density at radius 3 is 2.56 bits per heavy atom. The molecule has 8 nitrogen and oxygen atoms in total. The van der Waals surface area contributed by atoms with Crippen molar-refractivity contribution in [2.24, 2.45) is 0 Å². The molecule has 0 saturated heterocycles. The molecule has 3 aromatic heterocycles. The summed E-state index contributed by atoms with van der Waals surface area (Å²) in [6.45, 7) is 9.49. The molecule has 0 aliphatic carbocycles. The molecular formula is C18H24ClN7O. The van der Waals surface area contributed by atoms with E-state index >= 15 is 0 Å². The molecule has 0 saturated carbocycles. The van der Waals surface area contributed by atoms with Crippen molar-refractivity contribution in [2.45, 2.75) is 47.3 Å². The van der Waals surface area contributed by atoms with Gasteiger partial charge in [0.2, 0.25) is 0 Å². The average molecular weight is 390 g/mol. The molecule has 1 N–H and O–H groups in total. The van der Waals surface area contributed by atoms with Crippen LogP contribution in [-0.2, 0) is 13.2 Å². The van der Waals surface area contributed by atoms with Crippen LogP contribution < -0.4 is 5.32 Å². The normalized spacial score (nSPS) is 11.1. The Morgan fingerprint density at radius 2 is 1.93 bits per heavy atom. The van der Waals surface area contributed by atoms with Gasteiger partial charge in [-0.25, -0.2) is 4.68 Å². The van der Waals surface area contributed by atoms with E-state index in [4.69, 9.17) is 11.6 Å². The topological polar surface area (TPSA) is 82.6 Å². The number of carbonyl (C=O) groups is 1. The highest BCUT2D eigenvalue weighted by Gasteiger charge is 2.11. The van der Waals surface area contributed by atoms with Gasteiger partial charge < -0.3 is 5.32 Å². The lowest BCUT2D eigenvalue weighted by atomic mass is 10.3. The third kappa shape index (κ3) is 4.39. The van der Waals surface area contributed by atoms with Crippen molar-refractivity contribution in [3.05, 3.63) is 51.8 Å². The summed E-state index contributed by atoms with van der Waals surface area (Å²) in [5, 5.41) is 16.7. The van der Waals surface area contributed by atoms with Gasteiger partial charge in [-0.05, 0) is 46.2 Å². The molecule has 0 unspecified atom stereocenters. The molecule has 0 atom stereocenters. The molecule has 1 amide bonds. The van der Waals surface area contributed by atoms with E-state index in [1.807, 2.05) is 43.1 Å². The maximum atomic E-state index is 12.3. The number of hydrogen-bond acceptors (Lipinski definition) is 4. The third-order valence-corrected chi connectivity index (χ3v) is 4.93. The van der Waals surface area contributed by atoms with Crippen LogP contribution in [0.3, 0.4) is 0 Å². The van der Waals surface area contributed by atoms with E-state index in [0.29, 0.717) is 30.5 Å². The number of rotatable bonds is 7. The van der Waals surface area contributed by atoms with Gasteiger partial charge in [0.05, 0.1) is 22.1 Å². The Balaban J connectivity index is 1.49. The quantitative estimate of drug-likeness (QED) is 0.629. The van der Waals surface area contributed by atoms with Crippen LogP contribution in [0.15, 0.2) is 18.3 Å². The molecular weight excluding hydrogens is 366 g/mol. The van der Waals surface area contributed by atoms with Crippen LogP contribution in [0.1, 0.15) is 39.7 Å². The lowest BCUT2D eigenvalue weighted by molar-refractivity contribution is 0.0946. The van der Waals surface area contributed by atoms with Crippen molar-refractivity contribution < 1.29 is 4.79 Å². The molecule has 3 aromatic rings. The Labute approximate surface area is 163 Å². The van der Waals surface area contributed by atoms with E-state index in [-0.39, 0.29) is 5.91 Å². The molecule has 0 spiro atoms. The second-order valence-corrected chi connectivity index (χ2v) is 7.00. The van der Waals surface area contributed by atoms with E-state index in [9.17, 15) is 4.79 Å². The van der Waals surface area contributed by atoms with Crippen LogP contribution in [0.25, 0.3) is 0 Å². The minimum Gasteiger partial charge on any atom is -0.351 e. The fraction of sp³-hybridized carbons (Fsp3) is 0.444. The molecule has 9 heteroatoms. The highest BCUT2D eigenvalue weighted by molar-refractivity contribution is 6.31. The van der Waals surface area contributed by atoms with Crippen LogP contribution >= 0.6 is 11.6 Å². The van der Waals surface area contributed by atoms with E-state index in [1.54, 1.807) is 16.9 Å². The molecule has 0 fully saturated rings. The van der Waals surface area contributed by atoms with Crippen molar-refractivity contribution in [3.8, 4) is 0 Å². The SMILES string of the molecule is Cc1cc(C)n(Cn2ccc(C(=O)NCCCn3nc(C)c(Cl)c3C)n2)n1. The lowest BCUT2D eigenvalue weighted by Gasteiger charge is -2.06. The zero-order chi connectivity index (χ0) is 19.6. The van der Waals surface area contributed by atoms with Crippen molar-refractivity contribution in [1.29, 1.82) is 0 Å². The summed E-state index contributed by atoms with van der Waals surface area (Å²) >= 11 is 6.14. The summed E-state index contributed by atoms with van der Waals surface area (Å²) in [7, 11) is 0. The summed E-state index contributed by atoms with van der Waals surface area (Å²) in [6, 6.07) is 3.72. The molecule has 3 heterocycles. The fourth-order valence-corrected chi connectivity index (χ4v) is 3.07. The first-order valence-corrected chi connectivity index (χ1v) is 9.25. The van der Waals surface area contributed by atoms with Crippen molar-refractivity contribution in [1.82, 2.24) is 34.7 Å². The molecule has 0 aliphatic rings. The zero-order valence-electron chi connectivity index (χ0n) is 16.0. The van der Waals surface area contributed by atoms with Gasteiger partial charge in [0.25, 0.3) is 5.91 Å². The Kier molecular flexibility index (Phi) is 5.65. The van der Waals surface area contributed by atoms with Crippen molar-refractivity contribution in [2.75, 3.05) is 6.54 Å². The maximum Gasteiger partial charge on any atom is 0.271 e.